The number of nitrogens with one attached hydrogen (secondary N) is 1. The predicted octanol–water partition coefficient (Wildman–Crippen LogP) is 2.23. The third kappa shape index (κ3) is 5.19. The maximum Gasteiger partial charge on any atom is 0.338 e. The number of anilines is 1. The van der Waals surface area contributed by atoms with Gasteiger partial charge in [0.2, 0.25) is 5.91 Å². The van der Waals surface area contributed by atoms with Crippen LogP contribution in [0.25, 0.3) is 11.0 Å². The van der Waals surface area contributed by atoms with Crippen molar-refractivity contribution in [2.45, 2.75) is 38.1 Å². The molecule has 0 saturated heterocycles. The van der Waals surface area contributed by atoms with E-state index in [9.17, 15) is 19.2 Å². The molecule has 2 aromatic heterocycles. The smallest absolute Gasteiger partial charge is 0.338 e. The van der Waals surface area contributed by atoms with Crippen LogP contribution in [0.3, 0.4) is 0 Å². The van der Waals surface area contributed by atoms with Gasteiger partial charge in [0.25, 0.3) is 5.56 Å². The summed E-state index contributed by atoms with van der Waals surface area (Å²) in [4.78, 5) is 58.7. The second kappa shape index (κ2) is 9.80. The standard InChI is InChI=1S/C23H27N5O5S/c1-7-33-20(31)13-8-10-14(11-9-13)24-15(29)12-34-18-16-17(25-21(26-18)23(2,3)4)27(5)22(32)28(6)19(16)30/h8-11H,7,12H2,1-6H3,(H,24,29). The molecule has 34 heavy (non-hydrogen) atoms. The van der Waals surface area contributed by atoms with Crippen LogP contribution in [-0.2, 0) is 29.0 Å². The molecule has 0 aliphatic carbocycles. The lowest BCUT2D eigenvalue weighted by atomic mass is 9.96. The molecule has 0 radical (unpaired) electrons. The van der Waals surface area contributed by atoms with Gasteiger partial charge in [-0.15, -0.1) is 0 Å². The maximum atomic E-state index is 12.9. The van der Waals surface area contributed by atoms with E-state index >= 15 is 0 Å². The molecular formula is C23H27N5O5S. The Morgan fingerprint density at radius 3 is 2.29 bits per heavy atom. The molecule has 1 aromatic carbocycles. The number of aromatic nitrogens is 4. The molecule has 3 rings (SSSR count). The first-order chi connectivity index (χ1) is 15.9. The Bertz CT molecular complexity index is 1370. The molecule has 11 heteroatoms. The molecular weight excluding hydrogens is 458 g/mol. The van der Waals surface area contributed by atoms with Crippen LogP contribution < -0.4 is 16.6 Å². The van der Waals surface area contributed by atoms with Gasteiger partial charge in [-0.25, -0.2) is 19.6 Å². The van der Waals surface area contributed by atoms with E-state index in [1.165, 1.54) is 11.6 Å². The zero-order chi connectivity index (χ0) is 25.2. The van der Waals surface area contributed by atoms with E-state index in [0.29, 0.717) is 22.1 Å². The normalized spacial score (nSPS) is 11.5. The fraction of sp³-hybridized carbons (Fsp3) is 0.391. The second-order valence-electron chi connectivity index (χ2n) is 8.64. The summed E-state index contributed by atoms with van der Waals surface area (Å²) >= 11 is 1.09. The average Bonchev–Trinajstić information content (AvgIpc) is 2.79. The fourth-order valence-corrected chi connectivity index (χ4v) is 3.92. The highest BCUT2D eigenvalue weighted by molar-refractivity contribution is 8.00. The van der Waals surface area contributed by atoms with Crippen LogP contribution in [0.5, 0.6) is 0 Å². The van der Waals surface area contributed by atoms with Crippen molar-refractivity contribution in [2.24, 2.45) is 14.1 Å². The maximum absolute atomic E-state index is 12.9. The highest BCUT2D eigenvalue weighted by atomic mass is 32.2. The van der Waals surface area contributed by atoms with Crippen LogP contribution in [0, 0.1) is 0 Å². The van der Waals surface area contributed by atoms with Crippen molar-refractivity contribution in [3.63, 3.8) is 0 Å². The van der Waals surface area contributed by atoms with Crippen molar-refractivity contribution < 1.29 is 14.3 Å². The first kappa shape index (κ1) is 25.2. The summed E-state index contributed by atoms with van der Waals surface area (Å²) in [5.74, 6) is -0.320. The number of benzene rings is 1. The molecule has 0 spiro atoms. The number of thioether (sulfide) groups is 1. The summed E-state index contributed by atoms with van der Waals surface area (Å²) in [5, 5.41) is 3.28. The number of amides is 1. The van der Waals surface area contributed by atoms with Crippen LogP contribution in [0.2, 0.25) is 0 Å². The average molecular weight is 486 g/mol. The number of carbonyl (C=O) groups excluding carboxylic acids is 2. The molecule has 180 valence electrons. The van der Waals surface area contributed by atoms with E-state index in [-0.39, 0.29) is 29.3 Å². The van der Waals surface area contributed by atoms with Crippen molar-refractivity contribution >= 4 is 40.4 Å². The number of nitrogens with zero attached hydrogens (tertiary/aromatic N) is 4. The lowest BCUT2D eigenvalue weighted by Gasteiger charge is -2.19. The number of fused-ring (bicyclic) bond motifs is 1. The van der Waals surface area contributed by atoms with Crippen LogP contribution in [0.4, 0.5) is 5.69 Å². The second-order valence-corrected chi connectivity index (χ2v) is 9.61. The van der Waals surface area contributed by atoms with Gasteiger partial charge < -0.3 is 10.1 Å². The van der Waals surface area contributed by atoms with Gasteiger partial charge in [0.05, 0.1) is 17.9 Å². The van der Waals surface area contributed by atoms with Crippen LogP contribution in [0.1, 0.15) is 43.9 Å². The molecule has 10 nitrogen and oxygen atoms in total. The lowest BCUT2D eigenvalue weighted by Crippen LogP contribution is -2.38. The molecule has 0 unspecified atom stereocenters. The molecule has 3 aromatic rings. The van der Waals surface area contributed by atoms with E-state index in [1.807, 2.05) is 20.8 Å². The van der Waals surface area contributed by atoms with Gasteiger partial charge in [0.15, 0.2) is 5.65 Å². The number of hydrogen-bond acceptors (Lipinski definition) is 8. The molecule has 0 aliphatic heterocycles. The minimum absolute atomic E-state index is 0.0265. The molecule has 2 heterocycles. The van der Waals surface area contributed by atoms with E-state index in [4.69, 9.17) is 4.74 Å². The van der Waals surface area contributed by atoms with Crippen molar-refractivity contribution in [1.29, 1.82) is 0 Å². The third-order valence-electron chi connectivity index (χ3n) is 4.96. The third-order valence-corrected chi connectivity index (χ3v) is 5.93. The first-order valence-electron chi connectivity index (χ1n) is 10.6. The van der Waals surface area contributed by atoms with Crippen molar-refractivity contribution in [1.82, 2.24) is 19.1 Å². The zero-order valence-corrected chi connectivity index (χ0v) is 20.8. The Balaban J connectivity index is 1.88. The summed E-state index contributed by atoms with van der Waals surface area (Å²) in [6.45, 7) is 7.78. The number of rotatable bonds is 6. The minimum atomic E-state index is -0.518. The molecule has 0 saturated carbocycles. The number of esters is 1. The zero-order valence-electron chi connectivity index (χ0n) is 20.0. The number of carbonyl (C=O) groups is 2. The van der Waals surface area contributed by atoms with Crippen molar-refractivity contribution in [2.75, 3.05) is 17.7 Å². The largest absolute Gasteiger partial charge is 0.462 e. The Morgan fingerprint density at radius 2 is 1.71 bits per heavy atom. The summed E-state index contributed by atoms with van der Waals surface area (Å²) in [5.41, 5.74) is -0.320. The summed E-state index contributed by atoms with van der Waals surface area (Å²) in [6.07, 6.45) is 0. The lowest BCUT2D eigenvalue weighted by molar-refractivity contribution is -0.113. The van der Waals surface area contributed by atoms with E-state index < -0.39 is 22.6 Å². The highest BCUT2D eigenvalue weighted by Crippen LogP contribution is 2.27. The monoisotopic (exact) mass is 485 g/mol. The van der Waals surface area contributed by atoms with E-state index in [0.717, 1.165) is 16.3 Å². The Kier molecular flexibility index (Phi) is 7.25. The van der Waals surface area contributed by atoms with Crippen LogP contribution in [0.15, 0.2) is 38.9 Å². The Morgan fingerprint density at radius 1 is 1.06 bits per heavy atom. The van der Waals surface area contributed by atoms with Crippen LogP contribution in [-0.4, -0.2) is 43.3 Å². The number of hydrogen-bond donors (Lipinski definition) is 1. The Hall–Kier alpha value is -3.47. The molecule has 0 aliphatic rings. The number of ether oxygens (including phenoxy) is 1. The van der Waals surface area contributed by atoms with Gasteiger partial charge in [0.1, 0.15) is 16.2 Å². The Labute approximate surface area is 200 Å². The molecule has 0 atom stereocenters. The topological polar surface area (TPSA) is 125 Å². The van der Waals surface area contributed by atoms with Gasteiger partial charge in [-0.2, -0.15) is 0 Å². The van der Waals surface area contributed by atoms with Gasteiger partial charge >= 0.3 is 11.7 Å². The van der Waals surface area contributed by atoms with Gasteiger partial charge in [0, 0.05) is 25.2 Å². The van der Waals surface area contributed by atoms with Gasteiger partial charge in [-0.3, -0.25) is 18.7 Å². The highest BCUT2D eigenvalue weighted by Gasteiger charge is 2.24. The van der Waals surface area contributed by atoms with Crippen molar-refractivity contribution in [3.05, 3.63) is 56.5 Å². The van der Waals surface area contributed by atoms with Crippen LogP contribution >= 0.6 is 11.8 Å². The summed E-state index contributed by atoms with van der Waals surface area (Å²) < 4.78 is 7.25. The molecule has 0 bridgehead atoms. The molecule has 0 fully saturated rings. The summed E-state index contributed by atoms with van der Waals surface area (Å²) in [7, 11) is 2.94. The summed E-state index contributed by atoms with van der Waals surface area (Å²) in [6, 6.07) is 6.35. The minimum Gasteiger partial charge on any atom is -0.462 e. The van der Waals surface area contributed by atoms with E-state index in [2.05, 4.69) is 15.3 Å². The molecule has 1 N–H and O–H groups in total. The fourth-order valence-electron chi connectivity index (χ4n) is 3.10. The quantitative estimate of drug-likeness (QED) is 0.320. The van der Waals surface area contributed by atoms with Gasteiger partial charge in [-0.05, 0) is 31.2 Å². The van der Waals surface area contributed by atoms with E-state index in [1.54, 1.807) is 38.2 Å². The predicted molar refractivity (Wildman–Crippen MR) is 130 cm³/mol. The number of aryl methyl sites for hydroxylation is 1. The van der Waals surface area contributed by atoms with Gasteiger partial charge in [-0.1, -0.05) is 32.5 Å². The molecule has 1 amide bonds. The first-order valence-corrected chi connectivity index (χ1v) is 11.6. The SMILES string of the molecule is CCOC(=O)c1ccc(NC(=O)CSc2nc(C(C)(C)C)nc3c2c(=O)n(C)c(=O)n3C)cc1. The van der Waals surface area contributed by atoms with Crippen molar-refractivity contribution in [3.8, 4) is 0 Å².